The molecule has 0 atom stereocenters. The van der Waals surface area contributed by atoms with E-state index in [-0.39, 0.29) is 5.95 Å². The van der Waals surface area contributed by atoms with Gasteiger partial charge in [0.05, 0.1) is 0 Å². The molecule has 7 nitrogen and oxygen atoms in total. The molecular weight excluding hydrogens is 170 g/mol. The maximum Gasteiger partial charge on any atom is 0.224 e. The monoisotopic (exact) mass is 179 g/mol. The third-order valence-corrected chi connectivity index (χ3v) is 1.61. The van der Waals surface area contributed by atoms with E-state index in [1.165, 1.54) is 0 Å². The highest BCUT2D eigenvalue weighted by Gasteiger charge is 2.10. The molecule has 0 aliphatic rings. The van der Waals surface area contributed by atoms with Crippen molar-refractivity contribution in [2.45, 2.75) is 0 Å². The Morgan fingerprint density at radius 3 is 2.69 bits per heavy atom. The maximum atomic E-state index is 5.49. The van der Waals surface area contributed by atoms with Gasteiger partial charge in [-0.15, -0.1) is 5.10 Å². The normalized spacial score (nSPS) is 10.6. The number of fused-ring (bicyclic) bond motifs is 1. The third-order valence-electron chi connectivity index (χ3n) is 1.61. The number of anilines is 2. The number of hydrogen-bond acceptors (Lipinski definition) is 6. The first kappa shape index (κ1) is 7.71. The van der Waals surface area contributed by atoms with E-state index in [2.05, 4.69) is 25.4 Å². The molecule has 0 aliphatic heterocycles. The average molecular weight is 179 g/mol. The van der Waals surface area contributed by atoms with Crippen molar-refractivity contribution < 1.29 is 0 Å². The number of hydrogen-bond donors (Lipinski definition) is 2. The summed E-state index contributed by atoms with van der Waals surface area (Å²) in [6, 6.07) is 0. The summed E-state index contributed by atoms with van der Waals surface area (Å²) in [4.78, 5) is 9.77. The number of aromatic nitrogens is 5. The SMILES string of the molecule is CN(C)c1nc(N)nc2n[nH]nc12. The maximum absolute atomic E-state index is 5.49. The van der Waals surface area contributed by atoms with Gasteiger partial charge in [0.15, 0.2) is 11.3 Å². The lowest BCUT2D eigenvalue weighted by Crippen LogP contribution is -2.13. The van der Waals surface area contributed by atoms with Crippen molar-refractivity contribution >= 4 is 22.9 Å². The van der Waals surface area contributed by atoms with Gasteiger partial charge in [-0.2, -0.15) is 20.3 Å². The van der Waals surface area contributed by atoms with Gasteiger partial charge in [-0.3, -0.25) is 0 Å². The fourth-order valence-corrected chi connectivity index (χ4v) is 1.06. The van der Waals surface area contributed by atoms with Crippen LogP contribution in [0.15, 0.2) is 0 Å². The van der Waals surface area contributed by atoms with Crippen LogP contribution in [0.2, 0.25) is 0 Å². The van der Waals surface area contributed by atoms with Gasteiger partial charge in [-0.25, -0.2) is 0 Å². The Balaban J connectivity index is 2.77. The minimum absolute atomic E-state index is 0.199. The highest BCUT2D eigenvalue weighted by atomic mass is 15.4. The van der Waals surface area contributed by atoms with E-state index in [1.54, 1.807) is 0 Å². The molecule has 0 amide bonds. The Kier molecular flexibility index (Phi) is 1.51. The fraction of sp³-hybridized carbons (Fsp3) is 0.333. The standard InChI is InChI=1S/C6H9N7/c1-13(2)5-3-4(11-12-10-3)8-6(7)9-5/h1-2H3,(H3,7,8,9,10,11,12). The van der Waals surface area contributed by atoms with Crippen LogP contribution in [0.1, 0.15) is 0 Å². The average Bonchev–Trinajstić information content (AvgIpc) is 2.49. The van der Waals surface area contributed by atoms with Crippen molar-refractivity contribution in [1.29, 1.82) is 0 Å². The minimum Gasteiger partial charge on any atom is -0.368 e. The molecule has 0 aromatic carbocycles. The number of aromatic amines is 1. The first-order valence-electron chi connectivity index (χ1n) is 3.70. The molecule has 0 saturated heterocycles. The molecule has 0 radical (unpaired) electrons. The predicted molar refractivity (Wildman–Crippen MR) is 48.2 cm³/mol. The van der Waals surface area contributed by atoms with Crippen molar-refractivity contribution in [1.82, 2.24) is 25.4 Å². The van der Waals surface area contributed by atoms with Gasteiger partial charge in [-0.05, 0) is 0 Å². The molecular formula is C6H9N7. The lowest BCUT2D eigenvalue weighted by Gasteiger charge is -2.10. The zero-order valence-corrected chi connectivity index (χ0v) is 7.31. The quantitative estimate of drug-likeness (QED) is 0.606. The molecule has 0 spiro atoms. The molecule has 2 rings (SSSR count). The van der Waals surface area contributed by atoms with Crippen molar-refractivity contribution in [3.63, 3.8) is 0 Å². The number of rotatable bonds is 1. The largest absolute Gasteiger partial charge is 0.368 e. The van der Waals surface area contributed by atoms with Crippen LogP contribution in [-0.2, 0) is 0 Å². The van der Waals surface area contributed by atoms with Gasteiger partial charge < -0.3 is 10.6 Å². The lowest BCUT2D eigenvalue weighted by molar-refractivity contribution is 0.953. The summed E-state index contributed by atoms with van der Waals surface area (Å²) in [7, 11) is 3.71. The van der Waals surface area contributed by atoms with E-state index in [1.807, 2.05) is 19.0 Å². The zero-order chi connectivity index (χ0) is 9.42. The van der Waals surface area contributed by atoms with E-state index >= 15 is 0 Å². The van der Waals surface area contributed by atoms with Crippen LogP contribution < -0.4 is 10.6 Å². The second-order valence-corrected chi connectivity index (χ2v) is 2.80. The van der Waals surface area contributed by atoms with Gasteiger partial charge in [0, 0.05) is 14.1 Å². The van der Waals surface area contributed by atoms with Gasteiger partial charge in [0.1, 0.15) is 0 Å². The molecule has 13 heavy (non-hydrogen) atoms. The summed E-state index contributed by atoms with van der Waals surface area (Å²) in [6.07, 6.45) is 0. The molecule has 2 heterocycles. The van der Waals surface area contributed by atoms with Gasteiger partial charge >= 0.3 is 0 Å². The van der Waals surface area contributed by atoms with Gasteiger partial charge in [0.25, 0.3) is 0 Å². The number of nitrogens with one attached hydrogen (secondary N) is 1. The summed E-state index contributed by atoms with van der Waals surface area (Å²) in [6.45, 7) is 0. The predicted octanol–water partition coefficient (Wildman–Crippen LogP) is -0.604. The minimum atomic E-state index is 0.199. The van der Waals surface area contributed by atoms with E-state index in [0.29, 0.717) is 17.0 Å². The van der Waals surface area contributed by atoms with Crippen molar-refractivity contribution in [2.24, 2.45) is 0 Å². The van der Waals surface area contributed by atoms with Gasteiger partial charge in [0.2, 0.25) is 11.6 Å². The topological polar surface area (TPSA) is 96.6 Å². The molecule has 0 aliphatic carbocycles. The Bertz CT molecular complexity index is 431. The van der Waals surface area contributed by atoms with Crippen LogP contribution >= 0.6 is 0 Å². The molecule has 0 fully saturated rings. The lowest BCUT2D eigenvalue weighted by atomic mass is 10.4. The highest BCUT2D eigenvalue weighted by molar-refractivity contribution is 5.83. The number of nitrogens with zero attached hydrogens (tertiary/aromatic N) is 5. The van der Waals surface area contributed by atoms with E-state index in [4.69, 9.17) is 5.73 Å². The highest BCUT2D eigenvalue weighted by Crippen LogP contribution is 2.18. The molecule has 2 aromatic rings. The number of nitrogens with two attached hydrogens (primary N) is 1. The number of nitrogen functional groups attached to an aromatic ring is 1. The Morgan fingerprint density at radius 1 is 1.23 bits per heavy atom. The molecule has 0 saturated carbocycles. The molecule has 0 bridgehead atoms. The van der Waals surface area contributed by atoms with E-state index < -0.39 is 0 Å². The smallest absolute Gasteiger partial charge is 0.224 e. The van der Waals surface area contributed by atoms with Crippen LogP contribution in [0.4, 0.5) is 11.8 Å². The zero-order valence-electron chi connectivity index (χ0n) is 7.31. The Labute approximate surface area is 74.0 Å². The summed E-state index contributed by atoms with van der Waals surface area (Å²) >= 11 is 0. The number of H-pyrrole nitrogens is 1. The van der Waals surface area contributed by atoms with Crippen LogP contribution in [-0.4, -0.2) is 39.5 Å². The van der Waals surface area contributed by atoms with Crippen LogP contribution in [0.25, 0.3) is 11.2 Å². The molecule has 2 aromatic heterocycles. The Hall–Kier alpha value is -1.92. The first-order chi connectivity index (χ1) is 6.18. The molecule has 3 N–H and O–H groups in total. The first-order valence-corrected chi connectivity index (χ1v) is 3.70. The molecule has 68 valence electrons. The molecule has 0 unspecified atom stereocenters. The van der Waals surface area contributed by atoms with Gasteiger partial charge in [-0.1, -0.05) is 0 Å². The van der Waals surface area contributed by atoms with Crippen molar-refractivity contribution in [3.8, 4) is 0 Å². The van der Waals surface area contributed by atoms with Crippen molar-refractivity contribution in [3.05, 3.63) is 0 Å². The van der Waals surface area contributed by atoms with Crippen LogP contribution in [0.5, 0.6) is 0 Å². The second-order valence-electron chi connectivity index (χ2n) is 2.80. The summed E-state index contributed by atoms with van der Waals surface area (Å²) < 4.78 is 0. The Morgan fingerprint density at radius 2 is 2.00 bits per heavy atom. The second kappa shape index (κ2) is 2.54. The van der Waals surface area contributed by atoms with E-state index in [0.717, 1.165) is 0 Å². The van der Waals surface area contributed by atoms with Crippen LogP contribution in [0.3, 0.4) is 0 Å². The van der Waals surface area contributed by atoms with E-state index in [9.17, 15) is 0 Å². The summed E-state index contributed by atoms with van der Waals surface area (Å²) in [5.41, 5.74) is 6.60. The molecule has 7 heteroatoms. The fourth-order valence-electron chi connectivity index (χ4n) is 1.06. The van der Waals surface area contributed by atoms with Crippen LogP contribution in [0, 0.1) is 0 Å². The summed E-state index contributed by atoms with van der Waals surface area (Å²) in [5, 5.41) is 10.2. The third kappa shape index (κ3) is 1.13. The summed E-state index contributed by atoms with van der Waals surface area (Å²) in [5.74, 6) is 0.862. The van der Waals surface area contributed by atoms with Crippen molar-refractivity contribution in [2.75, 3.05) is 24.7 Å².